The van der Waals surface area contributed by atoms with Crippen LogP contribution < -0.4 is 0 Å². The van der Waals surface area contributed by atoms with Gasteiger partial charge in [-0.05, 0) is 19.4 Å². The molecule has 0 spiro atoms. The summed E-state index contributed by atoms with van der Waals surface area (Å²) in [5.74, 6) is 0. The molecule has 12 heavy (non-hydrogen) atoms. The molecule has 0 aliphatic carbocycles. The quantitative estimate of drug-likeness (QED) is 0.663. The van der Waals surface area contributed by atoms with E-state index in [4.69, 9.17) is 0 Å². The number of benzene rings is 1. The summed E-state index contributed by atoms with van der Waals surface area (Å²) in [6.45, 7) is 3.93. The van der Waals surface area contributed by atoms with Crippen molar-refractivity contribution in [1.29, 1.82) is 0 Å². The maximum atomic E-state index is 9.52. The van der Waals surface area contributed by atoms with Crippen LogP contribution in [-0.2, 0) is 0 Å². The van der Waals surface area contributed by atoms with E-state index in [-0.39, 0.29) is 0 Å². The first-order valence-electron chi connectivity index (χ1n) is 4.11. The molecule has 0 saturated carbocycles. The Morgan fingerprint density at radius 3 is 2.33 bits per heavy atom. The first-order chi connectivity index (χ1) is 5.74. The Hall–Kier alpha value is -1.08. The monoisotopic (exact) mass is 162 g/mol. The summed E-state index contributed by atoms with van der Waals surface area (Å²) in [7, 11) is 0. The van der Waals surface area contributed by atoms with Crippen molar-refractivity contribution in [2.45, 2.75) is 20.0 Å². The Morgan fingerprint density at radius 2 is 1.83 bits per heavy atom. The highest BCUT2D eigenvalue weighted by Gasteiger charge is 2.00. The molecule has 0 amide bonds. The second-order valence-corrected chi connectivity index (χ2v) is 2.88. The summed E-state index contributed by atoms with van der Waals surface area (Å²) >= 11 is 0. The van der Waals surface area contributed by atoms with E-state index in [9.17, 15) is 5.11 Å². The third kappa shape index (κ3) is 2.21. The van der Waals surface area contributed by atoms with Crippen molar-refractivity contribution in [1.82, 2.24) is 0 Å². The molecule has 0 radical (unpaired) electrons. The van der Waals surface area contributed by atoms with E-state index in [1.165, 1.54) is 5.56 Å². The van der Waals surface area contributed by atoms with Crippen LogP contribution in [-0.4, -0.2) is 5.11 Å². The normalized spacial score (nSPS) is 13.6. The molecule has 0 aliphatic heterocycles. The molecular formula is C11H14O. The number of hydrogen-bond acceptors (Lipinski definition) is 1. The maximum absolute atomic E-state index is 9.52. The molecule has 0 bridgehead atoms. The number of aliphatic hydroxyl groups excluding tert-OH is 1. The number of hydrogen-bond donors (Lipinski definition) is 1. The molecule has 1 heteroatoms. The van der Waals surface area contributed by atoms with E-state index >= 15 is 0 Å². The fourth-order valence-electron chi connectivity index (χ4n) is 1.06. The molecule has 1 aromatic rings. The van der Waals surface area contributed by atoms with Gasteiger partial charge < -0.3 is 5.11 Å². The largest absolute Gasteiger partial charge is 0.384 e. The summed E-state index contributed by atoms with van der Waals surface area (Å²) in [5.41, 5.74) is 2.16. The summed E-state index contributed by atoms with van der Waals surface area (Å²) in [5, 5.41) is 9.52. The van der Waals surface area contributed by atoms with Gasteiger partial charge in [-0.2, -0.15) is 0 Å². The van der Waals surface area contributed by atoms with Crippen molar-refractivity contribution < 1.29 is 5.11 Å². The smallest absolute Gasteiger partial charge is 0.0971 e. The van der Waals surface area contributed by atoms with Gasteiger partial charge in [-0.3, -0.25) is 0 Å². The second-order valence-electron chi connectivity index (χ2n) is 2.88. The van der Waals surface area contributed by atoms with Gasteiger partial charge >= 0.3 is 0 Å². The molecule has 0 fully saturated rings. The molecule has 1 N–H and O–H groups in total. The maximum Gasteiger partial charge on any atom is 0.0971 e. The van der Waals surface area contributed by atoms with Crippen LogP contribution in [0.2, 0.25) is 0 Å². The first-order valence-corrected chi connectivity index (χ1v) is 4.11. The van der Waals surface area contributed by atoms with Crippen molar-refractivity contribution in [3.05, 3.63) is 47.5 Å². The molecule has 1 aromatic carbocycles. The van der Waals surface area contributed by atoms with E-state index in [2.05, 4.69) is 0 Å². The average Bonchev–Trinajstić information content (AvgIpc) is 2.06. The molecule has 1 atom stereocenters. The Kier molecular flexibility index (Phi) is 3.06. The zero-order valence-corrected chi connectivity index (χ0v) is 7.49. The van der Waals surface area contributed by atoms with Gasteiger partial charge in [-0.25, -0.2) is 0 Å². The zero-order valence-electron chi connectivity index (χ0n) is 7.49. The molecule has 0 saturated heterocycles. The molecule has 0 unspecified atom stereocenters. The Labute approximate surface area is 73.4 Å². The molecular weight excluding hydrogens is 148 g/mol. The second kappa shape index (κ2) is 4.07. The van der Waals surface area contributed by atoms with Gasteiger partial charge in [0, 0.05) is 0 Å². The van der Waals surface area contributed by atoms with Crippen LogP contribution in [0, 0.1) is 6.92 Å². The number of aliphatic hydroxyl groups is 1. The minimum Gasteiger partial charge on any atom is -0.384 e. The first kappa shape index (κ1) is 9.01. The third-order valence-corrected chi connectivity index (χ3v) is 1.79. The topological polar surface area (TPSA) is 20.2 Å². The van der Waals surface area contributed by atoms with E-state index in [1.54, 1.807) is 6.08 Å². The van der Waals surface area contributed by atoms with Crippen molar-refractivity contribution >= 4 is 0 Å². The predicted octanol–water partition coefficient (Wildman–Crippen LogP) is 2.60. The fourth-order valence-corrected chi connectivity index (χ4v) is 1.06. The Balaban J connectivity index is 2.82. The van der Waals surface area contributed by atoms with Crippen molar-refractivity contribution in [2.24, 2.45) is 0 Å². The standard InChI is InChI=1S/C11H14O/c1-3-4-11(12)10-7-5-9(2)6-8-10/h3-8,11-12H,1-2H3/b4-3+/t11-/m1/s1. The molecule has 1 rings (SSSR count). The minimum atomic E-state index is -0.462. The Bertz CT molecular complexity index is 259. The lowest BCUT2D eigenvalue weighted by atomic mass is 10.1. The summed E-state index contributed by atoms with van der Waals surface area (Å²) in [6, 6.07) is 7.89. The highest BCUT2D eigenvalue weighted by molar-refractivity contribution is 5.25. The number of rotatable bonds is 2. The predicted molar refractivity (Wildman–Crippen MR) is 51.0 cm³/mol. The lowest BCUT2D eigenvalue weighted by molar-refractivity contribution is 0.228. The zero-order chi connectivity index (χ0) is 8.97. The molecule has 1 nitrogen and oxygen atoms in total. The van der Waals surface area contributed by atoms with Crippen LogP contribution in [0.3, 0.4) is 0 Å². The average molecular weight is 162 g/mol. The summed E-state index contributed by atoms with van der Waals surface area (Å²) in [4.78, 5) is 0. The van der Waals surface area contributed by atoms with Crippen LogP contribution >= 0.6 is 0 Å². The van der Waals surface area contributed by atoms with Crippen LogP contribution in [0.25, 0.3) is 0 Å². The SMILES string of the molecule is C/C=C/[C@@H](O)c1ccc(C)cc1. The molecule has 0 aliphatic rings. The van der Waals surface area contributed by atoms with E-state index in [1.807, 2.05) is 44.2 Å². The van der Waals surface area contributed by atoms with Crippen LogP contribution in [0.5, 0.6) is 0 Å². The van der Waals surface area contributed by atoms with Crippen molar-refractivity contribution in [3.8, 4) is 0 Å². The van der Waals surface area contributed by atoms with Crippen LogP contribution in [0.15, 0.2) is 36.4 Å². The highest BCUT2D eigenvalue weighted by Crippen LogP contribution is 2.14. The van der Waals surface area contributed by atoms with Gasteiger partial charge in [0.15, 0.2) is 0 Å². The van der Waals surface area contributed by atoms with Crippen molar-refractivity contribution in [3.63, 3.8) is 0 Å². The summed E-state index contributed by atoms with van der Waals surface area (Å²) < 4.78 is 0. The van der Waals surface area contributed by atoms with Gasteiger partial charge in [0.25, 0.3) is 0 Å². The Morgan fingerprint density at radius 1 is 1.25 bits per heavy atom. The summed E-state index contributed by atoms with van der Waals surface area (Å²) in [6.07, 6.45) is 3.16. The van der Waals surface area contributed by atoms with Gasteiger partial charge in [0.1, 0.15) is 0 Å². The van der Waals surface area contributed by atoms with Crippen LogP contribution in [0.1, 0.15) is 24.2 Å². The van der Waals surface area contributed by atoms with E-state index < -0.39 is 6.10 Å². The van der Waals surface area contributed by atoms with Gasteiger partial charge in [-0.1, -0.05) is 42.0 Å². The van der Waals surface area contributed by atoms with Crippen molar-refractivity contribution in [2.75, 3.05) is 0 Å². The lowest BCUT2D eigenvalue weighted by Crippen LogP contribution is -1.91. The van der Waals surface area contributed by atoms with Gasteiger partial charge in [-0.15, -0.1) is 0 Å². The fraction of sp³-hybridized carbons (Fsp3) is 0.273. The molecule has 0 heterocycles. The highest BCUT2D eigenvalue weighted by atomic mass is 16.3. The lowest BCUT2D eigenvalue weighted by Gasteiger charge is -2.05. The van der Waals surface area contributed by atoms with Gasteiger partial charge in [0.05, 0.1) is 6.10 Å². The van der Waals surface area contributed by atoms with Gasteiger partial charge in [0.2, 0.25) is 0 Å². The molecule has 64 valence electrons. The van der Waals surface area contributed by atoms with E-state index in [0.717, 1.165) is 5.56 Å². The third-order valence-electron chi connectivity index (χ3n) is 1.79. The van der Waals surface area contributed by atoms with E-state index in [0.29, 0.717) is 0 Å². The van der Waals surface area contributed by atoms with Crippen LogP contribution in [0.4, 0.5) is 0 Å². The number of allylic oxidation sites excluding steroid dienone is 1. The minimum absolute atomic E-state index is 0.462. The number of aryl methyl sites for hydroxylation is 1. The molecule has 0 aromatic heterocycles.